The van der Waals surface area contributed by atoms with Gasteiger partial charge in [-0.1, -0.05) is 12.1 Å². The van der Waals surface area contributed by atoms with Gasteiger partial charge in [-0.15, -0.1) is 0 Å². The van der Waals surface area contributed by atoms with Crippen LogP contribution >= 0.6 is 0 Å². The van der Waals surface area contributed by atoms with E-state index in [2.05, 4.69) is 0 Å². The number of benzene rings is 2. The Morgan fingerprint density at radius 2 is 1.65 bits per heavy atom. The molecule has 1 unspecified atom stereocenters. The Morgan fingerprint density at radius 3 is 2.13 bits per heavy atom. The molecule has 0 radical (unpaired) electrons. The van der Waals surface area contributed by atoms with Gasteiger partial charge in [0.1, 0.15) is 5.82 Å². The normalized spacial score (nSPS) is 11.9. The zero-order chi connectivity index (χ0) is 16.8. The standard InChI is InChI=1S/C18H22FNO3/c1-21-16-8-12(9-17(22-2)18(16)23-3)7-14(11-20)13-5-4-6-15(19)10-13/h4-6,8-10,14H,7,11,20H2,1-3H3. The summed E-state index contributed by atoms with van der Waals surface area (Å²) in [5, 5.41) is 0. The van der Waals surface area contributed by atoms with Crippen molar-refractivity contribution in [2.24, 2.45) is 5.73 Å². The van der Waals surface area contributed by atoms with Gasteiger partial charge in [-0.25, -0.2) is 4.39 Å². The number of ether oxygens (including phenoxy) is 3. The fraction of sp³-hybridized carbons (Fsp3) is 0.333. The molecule has 0 fully saturated rings. The fourth-order valence-corrected chi connectivity index (χ4v) is 2.64. The highest BCUT2D eigenvalue weighted by Crippen LogP contribution is 2.39. The summed E-state index contributed by atoms with van der Waals surface area (Å²) >= 11 is 0. The molecule has 0 heterocycles. The van der Waals surface area contributed by atoms with Crippen molar-refractivity contribution in [1.82, 2.24) is 0 Å². The molecule has 1 atom stereocenters. The Balaban J connectivity index is 2.34. The smallest absolute Gasteiger partial charge is 0.203 e. The first-order valence-corrected chi connectivity index (χ1v) is 7.37. The third-order valence-corrected chi connectivity index (χ3v) is 3.81. The molecule has 0 aliphatic carbocycles. The Kier molecular flexibility index (Phi) is 5.82. The molecule has 23 heavy (non-hydrogen) atoms. The molecule has 2 rings (SSSR count). The highest BCUT2D eigenvalue weighted by Gasteiger charge is 2.17. The summed E-state index contributed by atoms with van der Waals surface area (Å²) in [6.45, 7) is 0.417. The molecule has 0 bridgehead atoms. The summed E-state index contributed by atoms with van der Waals surface area (Å²) in [5.74, 6) is 1.49. The van der Waals surface area contributed by atoms with Gasteiger partial charge in [0, 0.05) is 5.92 Å². The van der Waals surface area contributed by atoms with Crippen molar-refractivity contribution in [3.8, 4) is 17.2 Å². The number of methoxy groups -OCH3 is 3. The number of nitrogens with two attached hydrogens (primary N) is 1. The zero-order valence-corrected chi connectivity index (χ0v) is 13.6. The van der Waals surface area contributed by atoms with Gasteiger partial charge in [0.2, 0.25) is 5.75 Å². The summed E-state index contributed by atoms with van der Waals surface area (Å²) in [6.07, 6.45) is 0.649. The van der Waals surface area contributed by atoms with Gasteiger partial charge in [-0.3, -0.25) is 0 Å². The zero-order valence-electron chi connectivity index (χ0n) is 13.6. The van der Waals surface area contributed by atoms with Gasteiger partial charge in [0.25, 0.3) is 0 Å². The van der Waals surface area contributed by atoms with Gasteiger partial charge in [0.05, 0.1) is 21.3 Å². The van der Waals surface area contributed by atoms with E-state index in [-0.39, 0.29) is 11.7 Å². The van der Waals surface area contributed by atoms with E-state index in [0.29, 0.717) is 30.2 Å². The van der Waals surface area contributed by atoms with E-state index in [1.54, 1.807) is 27.4 Å². The first-order valence-electron chi connectivity index (χ1n) is 7.37. The Labute approximate surface area is 136 Å². The van der Waals surface area contributed by atoms with E-state index < -0.39 is 0 Å². The topological polar surface area (TPSA) is 53.7 Å². The maximum Gasteiger partial charge on any atom is 0.203 e. The van der Waals surface area contributed by atoms with Crippen LogP contribution in [-0.4, -0.2) is 27.9 Å². The van der Waals surface area contributed by atoms with Crippen molar-refractivity contribution in [3.05, 3.63) is 53.3 Å². The third kappa shape index (κ3) is 3.93. The molecule has 0 amide bonds. The predicted octanol–water partition coefficient (Wildman–Crippen LogP) is 3.14. The minimum atomic E-state index is -0.258. The molecular formula is C18H22FNO3. The van der Waals surface area contributed by atoms with Crippen molar-refractivity contribution in [3.63, 3.8) is 0 Å². The molecule has 4 nitrogen and oxygen atoms in total. The number of hydrogen-bond acceptors (Lipinski definition) is 4. The summed E-state index contributed by atoms with van der Waals surface area (Å²) in [6, 6.07) is 10.3. The lowest BCUT2D eigenvalue weighted by atomic mass is 9.91. The molecule has 0 aromatic heterocycles. The maximum absolute atomic E-state index is 13.4. The van der Waals surface area contributed by atoms with Crippen LogP contribution in [0.15, 0.2) is 36.4 Å². The Hall–Kier alpha value is -2.27. The molecule has 0 spiro atoms. The second-order valence-corrected chi connectivity index (χ2v) is 5.23. The van der Waals surface area contributed by atoms with Gasteiger partial charge in [0.15, 0.2) is 11.5 Å². The quantitative estimate of drug-likeness (QED) is 0.852. The fourth-order valence-electron chi connectivity index (χ4n) is 2.64. The van der Waals surface area contributed by atoms with Crippen molar-refractivity contribution >= 4 is 0 Å². The van der Waals surface area contributed by atoms with Crippen LogP contribution in [0.1, 0.15) is 17.0 Å². The number of rotatable bonds is 7. The van der Waals surface area contributed by atoms with Crippen molar-refractivity contribution in [1.29, 1.82) is 0 Å². The van der Waals surface area contributed by atoms with Gasteiger partial charge < -0.3 is 19.9 Å². The Morgan fingerprint density at radius 1 is 1.00 bits per heavy atom. The van der Waals surface area contributed by atoms with Crippen LogP contribution < -0.4 is 19.9 Å². The molecule has 0 saturated heterocycles. The Bertz CT molecular complexity index is 635. The lowest BCUT2D eigenvalue weighted by molar-refractivity contribution is 0.323. The summed E-state index contributed by atoms with van der Waals surface area (Å²) in [4.78, 5) is 0. The van der Waals surface area contributed by atoms with E-state index in [1.165, 1.54) is 12.1 Å². The molecule has 2 aromatic carbocycles. The van der Waals surface area contributed by atoms with Gasteiger partial charge >= 0.3 is 0 Å². The molecule has 0 aliphatic heterocycles. The van der Waals surface area contributed by atoms with E-state index in [4.69, 9.17) is 19.9 Å². The first-order chi connectivity index (χ1) is 11.1. The largest absolute Gasteiger partial charge is 0.493 e. The summed E-state index contributed by atoms with van der Waals surface area (Å²) in [5.41, 5.74) is 7.75. The summed E-state index contributed by atoms with van der Waals surface area (Å²) < 4.78 is 29.5. The molecule has 0 aliphatic rings. The molecule has 0 saturated carbocycles. The van der Waals surface area contributed by atoms with Crippen LogP contribution in [0.5, 0.6) is 17.2 Å². The van der Waals surface area contributed by atoms with E-state index in [0.717, 1.165) is 11.1 Å². The second-order valence-electron chi connectivity index (χ2n) is 5.23. The van der Waals surface area contributed by atoms with Gasteiger partial charge in [-0.2, -0.15) is 0 Å². The highest BCUT2D eigenvalue weighted by molar-refractivity contribution is 5.54. The van der Waals surface area contributed by atoms with E-state index in [9.17, 15) is 4.39 Å². The average molecular weight is 319 g/mol. The minimum absolute atomic E-state index is 0.00788. The van der Waals surface area contributed by atoms with Crippen LogP contribution in [0.3, 0.4) is 0 Å². The lowest BCUT2D eigenvalue weighted by Gasteiger charge is -2.18. The second kappa shape index (κ2) is 7.83. The minimum Gasteiger partial charge on any atom is -0.493 e. The van der Waals surface area contributed by atoms with Crippen molar-refractivity contribution in [2.45, 2.75) is 12.3 Å². The molecule has 2 aromatic rings. The van der Waals surface area contributed by atoms with Crippen LogP contribution in [0.2, 0.25) is 0 Å². The number of hydrogen-bond donors (Lipinski definition) is 1. The monoisotopic (exact) mass is 319 g/mol. The first kappa shape index (κ1) is 17.1. The van der Waals surface area contributed by atoms with Crippen LogP contribution in [0.25, 0.3) is 0 Å². The summed E-state index contributed by atoms with van der Waals surface area (Å²) in [7, 11) is 4.72. The predicted molar refractivity (Wildman–Crippen MR) is 88.0 cm³/mol. The van der Waals surface area contributed by atoms with Gasteiger partial charge in [-0.05, 0) is 48.4 Å². The molecule has 2 N–H and O–H groups in total. The van der Waals surface area contributed by atoms with Crippen LogP contribution in [-0.2, 0) is 6.42 Å². The van der Waals surface area contributed by atoms with E-state index >= 15 is 0 Å². The highest BCUT2D eigenvalue weighted by atomic mass is 19.1. The lowest BCUT2D eigenvalue weighted by Crippen LogP contribution is -2.15. The molecular weight excluding hydrogens is 297 g/mol. The van der Waals surface area contributed by atoms with Crippen LogP contribution in [0, 0.1) is 5.82 Å². The average Bonchev–Trinajstić information content (AvgIpc) is 2.58. The van der Waals surface area contributed by atoms with E-state index in [1.807, 2.05) is 18.2 Å². The third-order valence-electron chi connectivity index (χ3n) is 3.81. The SMILES string of the molecule is COc1cc(CC(CN)c2cccc(F)c2)cc(OC)c1OC. The van der Waals surface area contributed by atoms with Crippen LogP contribution in [0.4, 0.5) is 4.39 Å². The molecule has 5 heteroatoms. The maximum atomic E-state index is 13.4. The van der Waals surface area contributed by atoms with Crippen molar-refractivity contribution < 1.29 is 18.6 Å². The molecule has 124 valence electrons. The van der Waals surface area contributed by atoms with Crippen molar-refractivity contribution in [2.75, 3.05) is 27.9 Å². The number of halogens is 1.